The molecule has 0 bridgehead atoms. The lowest BCUT2D eigenvalue weighted by Crippen LogP contribution is -2.33. The van der Waals surface area contributed by atoms with Crippen LogP contribution in [0.5, 0.6) is 0 Å². The summed E-state index contributed by atoms with van der Waals surface area (Å²) >= 11 is 7.89. The number of halogens is 2. The normalized spacial score (nSPS) is 12.6. The molecule has 0 saturated carbocycles. The molecular weight excluding hydrogens is 293 g/mol. The van der Waals surface area contributed by atoms with Crippen molar-refractivity contribution in [2.45, 2.75) is 32.2 Å². The highest BCUT2D eigenvalue weighted by Gasteiger charge is 2.13. The number of nitrogens with one attached hydrogen (secondary N) is 1. The number of thiophene rings is 1. The maximum Gasteiger partial charge on any atom is 0.124 e. The van der Waals surface area contributed by atoms with Gasteiger partial charge in [-0.2, -0.15) is 0 Å². The fourth-order valence-corrected chi connectivity index (χ4v) is 3.22. The summed E-state index contributed by atoms with van der Waals surface area (Å²) in [6, 6.07) is 9.20. The summed E-state index contributed by atoms with van der Waals surface area (Å²) in [7, 11) is 0. The van der Waals surface area contributed by atoms with E-state index >= 15 is 0 Å². The highest BCUT2D eigenvalue weighted by Crippen LogP contribution is 2.21. The molecule has 0 saturated heterocycles. The maximum atomic E-state index is 13.1. The molecule has 0 amide bonds. The molecule has 4 heteroatoms. The highest BCUT2D eigenvalue weighted by molar-refractivity contribution is 7.09. The van der Waals surface area contributed by atoms with Gasteiger partial charge in [0.15, 0.2) is 0 Å². The number of hydrogen-bond donors (Lipinski definition) is 1. The van der Waals surface area contributed by atoms with E-state index in [1.165, 1.54) is 17.0 Å². The summed E-state index contributed by atoms with van der Waals surface area (Å²) in [5.74, 6) is -0.282. The van der Waals surface area contributed by atoms with E-state index in [1.807, 2.05) is 0 Å². The van der Waals surface area contributed by atoms with Gasteiger partial charge in [-0.15, -0.1) is 11.3 Å². The Labute approximate surface area is 128 Å². The second-order valence-corrected chi connectivity index (χ2v) is 6.31. The lowest BCUT2D eigenvalue weighted by molar-refractivity contribution is 0.507. The third-order valence-electron chi connectivity index (χ3n) is 3.19. The predicted molar refractivity (Wildman–Crippen MR) is 85.2 cm³/mol. The van der Waals surface area contributed by atoms with Gasteiger partial charge < -0.3 is 5.32 Å². The Kier molecular flexibility index (Phi) is 6.02. The minimum Gasteiger partial charge on any atom is -0.313 e. The summed E-state index contributed by atoms with van der Waals surface area (Å²) in [5.41, 5.74) is 0.998. The van der Waals surface area contributed by atoms with Crippen molar-refractivity contribution >= 4 is 22.9 Å². The minimum absolute atomic E-state index is 0.282. The third-order valence-corrected chi connectivity index (χ3v) is 4.44. The van der Waals surface area contributed by atoms with Crippen molar-refractivity contribution in [3.05, 3.63) is 57.0 Å². The van der Waals surface area contributed by atoms with Gasteiger partial charge in [-0.05, 0) is 54.9 Å². The Balaban J connectivity index is 2.06. The van der Waals surface area contributed by atoms with Crippen molar-refractivity contribution in [1.82, 2.24) is 5.32 Å². The van der Waals surface area contributed by atoms with E-state index in [0.717, 1.165) is 31.4 Å². The van der Waals surface area contributed by atoms with Crippen molar-refractivity contribution < 1.29 is 4.39 Å². The first-order chi connectivity index (χ1) is 9.69. The second-order valence-electron chi connectivity index (χ2n) is 4.87. The van der Waals surface area contributed by atoms with E-state index in [9.17, 15) is 4.39 Å². The summed E-state index contributed by atoms with van der Waals surface area (Å²) in [4.78, 5) is 1.36. The zero-order valence-corrected chi connectivity index (χ0v) is 13.1. The molecule has 1 aromatic heterocycles. The Morgan fingerprint density at radius 1 is 1.30 bits per heavy atom. The van der Waals surface area contributed by atoms with Crippen molar-refractivity contribution in [2.75, 3.05) is 6.54 Å². The number of rotatable bonds is 7. The standard InChI is InChI=1S/C16H19ClFNS/c1-2-7-19-14(11-15-4-3-8-20-15)9-12-5-6-13(18)10-16(12)17/h3-6,8,10,14,19H,2,7,9,11H2,1H3. The molecule has 0 fully saturated rings. The van der Waals surface area contributed by atoms with Gasteiger partial charge in [-0.25, -0.2) is 4.39 Å². The van der Waals surface area contributed by atoms with Gasteiger partial charge >= 0.3 is 0 Å². The molecular formula is C16H19ClFNS. The fraction of sp³-hybridized carbons (Fsp3) is 0.375. The summed E-state index contributed by atoms with van der Waals surface area (Å²) < 4.78 is 13.1. The van der Waals surface area contributed by atoms with Crippen LogP contribution in [0.15, 0.2) is 35.7 Å². The second kappa shape index (κ2) is 7.77. The Morgan fingerprint density at radius 3 is 2.80 bits per heavy atom. The molecule has 20 heavy (non-hydrogen) atoms. The van der Waals surface area contributed by atoms with Gasteiger partial charge in [0.1, 0.15) is 5.82 Å². The predicted octanol–water partition coefficient (Wildman–Crippen LogP) is 4.69. The van der Waals surface area contributed by atoms with E-state index in [2.05, 4.69) is 29.8 Å². The van der Waals surface area contributed by atoms with Crippen LogP contribution in [0.3, 0.4) is 0 Å². The van der Waals surface area contributed by atoms with Gasteiger partial charge in [0.2, 0.25) is 0 Å². The first-order valence-electron chi connectivity index (χ1n) is 6.88. The quantitative estimate of drug-likeness (QED) is 0.782. The molecule has 2 rings (SSSR count). The first-order valence-corrected chi connectivity index (χ1v) is 8.14. The van der Waals surface area contributed by atoms with E-state index in [4.69, 9.17) is 11.6 Å². The molecule has 1 aromatic carbocycles. The van der Waals surface area contributed by atoms with Crippen LogP contribution >= 0.6 is 22.9 Å². The SMILES string of the molecule is CCCNC(Cc1cccs1)Cc1ccc(F)cc1Cl. The monoisotopic (exact) mass is 311 g/mol. The molecule has 0 radical (unpaired) electrons. The van der Waals surface area contributed by atoms with Crippen molar-refractivity contribution in [3.63, 3.8) is 0 Å². The Bertz CT molecular complexity index is 527. The van der Waals surface area contributed by atoms with Crippen LogP contribution < -0.4 is 5.32 Å². The van der Waals surface area contributed by atoms with Crippen LogP contribution in [-0.4, -0.2) is 12.6 Å². The smallest absolute Gasteiger partial charge is 0.124 e. The van der Waals surface area contributed by atoms with Crippen LogP contribution in [0.4, 0.5) is 4.39 Å². The summed E-state index contributed by atoms with van der Waals surface area (Å²) in [6.45, 7) is 3.13. The number of benzene rings is 1. The van der Waals surface area contributed by atoms with Gasteiger partial charge in [-0.3, -0.25) is 0 Å². The largest absolute Gasteiger partial charge is 0.313 e. The number of hydrogen-bond acceptors (Lipinski definition) is 2. The maximum absolute atomic E-state index is 13.1. The Morgan fingerprint density at radius 2 is 2.15 bits per heavy atom. The van der Waals surface area contributed by atoms with Gasteiger partial charge in [0.25, 0.3) is 0 Å². The Hall–Kier alpha value is -0.900. The van der Waals surface area contributed by atoms with Crippen LogP contribution in [0.25, 0.3) is 0 Å². The summed E-state index contributed by atoms with van der Waals surface area (Å²) in [6.07, 6.45) is 2.89. The van der Waals surface area contributed by atoms with Crippen molar-refractivity contribution in [3.8, 4) is 0 Å². The van der Waals surface area contributed by atoms with Crippen LogP contribution in [0.2, 0.25) is 5.02 Å². The fourth-order valence-electron chi connectivity index (χ4n) is 2.19. The van der Waals surface area contributed by atoms with Crippen LogP contribution in [-0.2, 0) is 12.8 Å². The molecule has 0 aliphatic rings. The van der Waals surface area contributed by atoms with Crippen LogP contribution in [0.1, 0.15) is 23.8 Å². The van der Waals surface area contributed by atoms with E-state index in [0.29, 0.717) is 11.1 Å². The van der Waals surface area contributed by atoms with Crippen molar-refractivity contribution in [2.24, 2.45) is 0 Å². The van der Waals surface area contributed by atoms with E-state index in [-0.39, 0.29) is 5.82 Å². The molecule has 1 N–H and O–H groups in total. The van der Waals surface area contributed by atoms with E-state index in [1.54, 1.807) is 17.4 Å². The molecule has 0 aliphatic carbocycles. The van der Waals surface area contributed by atoms with Gasteiger partial charge in [0.05, 0.1) is 0 Å². The minimum atomic E-state index is -0.282. The molecule has 0 aliphatic heterocycles. The molecule has 2 aromatic rings. The molecule has 0 spiro atoms. The molecule has 1 heterocycles. The zero-order chi connectivity index (χ0) is 14.4. The van der Waals surface area contributed by atoms with E-state index < -0.39 is 0 Å². The lowest BCUT2D eigenvalue weighted by Gasteiger charge is -2.18. The molecule has 1 nitrogen and oxygen atoms in total. The topological polar surface area (TPSA) is 12.0 Å². The summed E-state index contributed by atoms with van der Waals surface area (Å²) in [5, 5.41) is 6.16. The molecule has 108 valence electrons. The third kappa shape index (κ3) is 4.58. The van der Waals surface area contributed by atoms with Crippen molar-refractivity contribution in [1.29, 1.82) is 0 Å². The average Bonchev–Trinajstić information content (AvgIpc) is 2.92. The lowest BCUT2D eigenvalue weighted by atomic mass is 10.0. The van der Waals surface area contributed by atoms with Gasteiger partial charge in [-0.1, -0.05) is 30.7 Å². The highest BCUT2D eigenvalue weighted by atomic mass is 35.5. The molecule has 1 atom stereocenters. The van der Waals surface area contributed by atoms with Gasteiger partial charge in [0, 0.05) is 15.9 Å². The van der Waals surface area contributed by atoms with Crippen LogP contribution in [0, 0.1) is 5.82 Å². The average molecular weight is 312 g/mol. The zero-order valence-electron chi connectivity index (χ0n) is 11.5. The molecule has 1 unspecified atom stereocenters. The first kappa shape index (κ1) is 15.5.